The summed E-state index contributed by atoms with van der Waals surface area (Å²) in [6.07, 6.45) is 2.55. The number of carbonyl (C=O) groups is 2. The van der Waals surface area contributed by atoms with Crippen molar-refractivity contribution < 1.29 is 14.3 Å². The second kappa shape index (κ2) is 8.56. The molecule has 0 spiro atoms. The Labute approximate surface area is 138 Å². The van der Waals surface area contributed by atoms with Gasteiger partial charge in [0.25, 0.3) is 0 Å². The highest BCUT2D eigenvalue weighted by Gasteiger charge is 2.27. The van der Waals surface area contributed by atoms with Gasteiger partial charge in [-0.25, -0.2) is 4.79 Å². The lowest BCUT2D eigenvalue weighted by atomic mass is 9.90. The number of rotatable bonds is 5. The number of ether oxygens (including phenoxy) is 1. The average Bonchev–Trinajstić information content (AvgIpc) is 2.56. The maximum Gasteiger partial charge on any atom is 0.407 e. The molecule has 1 atom stereocenters. The van der Waals surface area contributed by atoms with E-state index in [-0.39, 0.29) is 5.91 Å². The Balaban J connectivity index is 1.77. The molecule has 0 aromatic heterocycles. The highest BCUT2D eigenvalue weighted by Crippen LogP contribution is 2.22. The van der Waals surface area contributed by atoms with Crippen LogP contribution in [-0.4, -0.2) is 42.6 Å². The number of piperidine rings is 1. The van der Waals surface area contributed by atoms with Crippen molar-refractivity contribution in [3.63, 3.8) is 0 Å². The molecule has 1 N–H and O–H groups in total. The first-order valence-corrected chi connectivity index (χ1v) is 8.36. The molecule has 1 aliphatic heterocycles. The van der Waals surface area contributed by atoms with E-state index in [1.165, 1.54) is 5.56 Å². The lowest BCUT2D eigenvalue weighted by Crippen LogP contribution is -2.49. The fraction of sp³-hybridized carbons (Fsp3) is 0.556. The molecule has 0 radical (unpaired) electrons. The number of hydrogen-bond acceptors (Lipinski definition) is 3. The van der Waals surface area contributed by atoms with E-state index >= 15 is 0 Å². The predicted octanol–water partition coefficient (Wildman–Crippen LogP) is 2.60. The Morgan fingerprint density at radius 2 is 1.91 bits per heavy atom. The van der Waals surface area contributed by atoms with Crippen molar-refractivity contribution in [1.29, 1.82) is 0 Å². The molecule has 5 nitrogen and oxygen atoms in total. The summed E-state index contributed by atoms with van der Waals surface area (Å²) in [6.45, 7) is 5.26. The minimum absolute atomic E-state index is 0.0313. The number of nitrogens with zero attached hydrogens (tertiary/aromatic N) is 1. The Morgan fingerprint density at radius 3 is 2.52 bits per heavy atom. The summed E-state index contributed by atoms with van der Waals surface area (Å²) in [6, 6.07) is 9.93. The largest absolute Gasteiger partial charge is 0.450 e. The summed E-state index contributed by atoms with van der Waals surface area (Å²) in [5.74, 6) is 0.589. The van der Waals surface area contributed by atoms with E-state index in [9.17, 15) is 9.59 Å². The van der Waals surface area contributed by atoms with Gasteiger partial charge < -0.3 is 15.0 Å². The first-order chi connectivity index (χ1) is 11.1. The van der Waals surface area contributed by atoms with Crippen molar-refractivity contribution in [1.82, 2.24) is 10.2 Å². The van der Waals surface area contributed by atoms with E-state index in [4.69, 9.17) is 4.74 Å². The van der Waals surface area contributed by atoms with Gasteiger partial charge in [-0.3, -0.25) is 4.79 Å². The van der Waals surface area contributed by atoms with Crippen molar-refractivity contribution in [3.05, 3.63) is 35.9 Å². The smallest absolute Gasteiger partial charge is 0.407 e. The van der Waals surface area contributed by atoms with Gasteiger partial charge in [-0.05, 0) is 44.6 Å². The van der Waals surface area contributed by atoms with Crippen LogP contribution < -0.4 is 5.32 Å². The monoisotopic (exact) mass is 318 g/mol. The molecule has 2 rings (SSSR count). The minimum Gasteiger partial charge on any atom is -0.450 e. The zero-order valence-electron chi connectivity index (χ0n) is 14.0. The first kappa shape index (κ1) is 17.3. The average molecular weight is 318 g/mol. The van der Waals surface area contributed by atoms with Gasteiger partial charge in [0, 0.05) is 13.1 Å². The SMILES string of the molecule is CCOC(=O)N[C@H](C)C(=O)N1CCC(Cc2ccccc2)CC1. The van der Waals surface area contributed by atoms with Crippen LogP contribution in [0.4, 0.5) is 4.79 Å². The maximum atomic E-state index is 12.4. The second-order valence-corrected chi connectivity index (χ2v) is 6.04. The highest BCUT2D eigenvalue weighted by atomic mass is 16.5. The third-order valence-electron chi connectivity index (χ3n) is 4.27. The van der Waals surface area contributed by atoms with Crippen LogP contribution in [-0.2, 0) is 16.0 Å². The van der Waals surface area contributed by atoms with Crippen molar-refractivity contribution in [3.8, 4) is 0 Å². The molecule has 0 bridgehead atoms. The van der Waals surface area contributed by atoms with Gasteiger partial charge in [0.2, 0.25) is 5.91 Å². The lowest BCUT2D eigenvalue weighted by molar-refractivity contribution is -0.134. The second-order valence-electron chi connectivity index (χ2n) is 6.04. The standard InChI is InChI=1S/C18H26N2O3/c1-3-23-18(22)19-14(2)17(21)20-11-9-16(10-12-20)13-15-7-5-4-6-8-15/h4-8,14,16H,3,9-13H2,1-2H3,(H,19,22)/t14-/m1/s1. The van der Waals surface area contributed by atoms with Crippen molar-refractivity contribution >= 4 is 12.0 Å². The number of nitrogens with one attached hydrogen (secondary N) is 1. The van der Waals surface area contributed by atoms with Crippen LogP contribution in [0, 0.1) is 5.92 Å². The Kier molecular flexibility index (Phi) is 6.44. The predicted molar refractivity (Wildman–Crippen MR) is 89.1 cm³/mol. The Bertz CT molecular complexity index is 510. The van der Waals surface area contributed by atoms with Crippen LogP contribution in [0.25, 0.3) is 0 Å². The van der Waals surface area contributed by atoms with Crippen molar-refractivity contribution in [2.75, 3.05) is 19.7 Å². The normalized spacial score (nSPS) is 16.7. The van der Waals surface area contributed by atoms with Crippen molar-refractivity contribution in [2.45, 2.75) is 39.2 Å². The molecule has 1 saturated heterocycles. The highest BCUT2D eigenvalue weighted by molar-refractivity contribution is 5.85. The summed E-state index contributed by atoms with van der Waals surface area (Å²) in [5.41, 5.74) is 1.36. The number of carbonyl (C=O) groups excluding carboxylic acids is 2. The van der Waals surface area contributed by atoms with E-state index in [1.807, 2.05) is 11.0 Å². The van der Waals surface area contributed by atoms with Crippen LogP contribution in [0.1, 0.15) is 32.3 Å². The molecule has 5 heteroatoms. The van der Waals surface area contributed by atoms with E-state index in [1.54, 1.807) is 13.8 Å². The molecule has 1 aromatic carbocycles. The molecule has 0 unspecified atom stereocenters. The zero-order valence-corrected chi connectivity index (χ0v) is 14.0. The minimum atomic E-state index is -0.542. The lowest BCUT2D eigenvalue weighted by Gasteiger charge is -2.33. The molecule has 126 valence electrons. The summed E-state index contributed by atoms with van der Waals surface area (Å²) in [5, 5.41) is 2.58. The van der Waals surface area contributed by atoms with E-state index in [2.05, 4.69) is 29.6 Å². The molecule has 1 fully saturated rings. The van der Waals surface area contributed by atoms with Crippen molar-refractivity contribution in [2.24, 2.45) is 5.92 Å². The van der Waals surface area contributed by atoms with Gasteiger partial charge in [0.05, 0.1) is 6.61 Å². The molecule has 2 amide bonds. The molecule has 0 aliphatic carbocycles. The molecule has 0 saturated carbocycles. The fourth-order valence-electron chi connectivity index (χ4n) is 2.99. The molecular weight excluding hydrogens is 292 g/mol. The summed E-state index contributed by atoms with van der Waals surface area (Å²) < 4.78 is 4.81. The molecule has 1 aromatic rings. The number of hydrogen-bond donors (Lipinski definition) is 1. The van der Waals surface area contributed by atoms with Gasteiger partial charge in [-0.1, -0.05) is 30.3 Å². The topological polar surface area (TPSA) is 58.6 Å². The molecular formula is C18H26N2O3. The first-order valence-electron chi connectivity index (χ1n) is 8.36. The van der Waals surface area contributed by atoms with Crippen LogP contribution >= 0.6 is 0 Å². The van der Waals surface area contributed by atoms with E-state index < -0.39 is 12.1 Å². The third kappa shape index (κ3) is 5.27. The van der Waals surface area contributed by atoms with Gasteiger partial charge in [-0.2, -0.15) is 0 Å². The Morgan fingerprint density at radius 1 is 1.26 bits per heavy atom. The van der Waals surface area contributed by atoms with E-state index in [0.717, 1.165) is 32.4 Å². The number of alkyl carbamates (subject to hydrolysis) is 1. The quantitative estimate of drug-likeness (QED) is 0.908. The summed E-state index contributed by atoms with van der Waals surface area (Å²) >= 11 is 0. The van der Waals surface area contributed by atoms with Gasteiger partial charge in [-0.15, -0.1) is 0 Å². The molecule has 1 heterocycles. The van der Waals surface area contributed by atoms with Gasteiger partial charge in [0.15, 0.2) is 0 Å². The molecule has 23 heavy (non-hydrogen) atoms. The van der Waals surface area contributed by atoms with Crippen LogP contribution in [0.2, 0.25) is 0 Å². The van der Waals surface area contributed by atoms with E-state index in [0.29, 0.717) is 12.5 Å². The van der Waals surface area contributed by atoms with Crippen LogP contribution in [0.15, 0.2) is 30.3 Å². The summed E-state index contributed by atoms with van der Waals surface area (Å²) in [7, 11) is 0. The van der Waals surface area contributed by atoms with Crippen LogP contribution in [0.3, 0.4) is 0 Å². The fourth-order valence-corrected chi connectivity index (χ4v) is 2.99. The number of amides is 2. The van der Waals surface area contributed by atoms with Crippen LogP contribution in [0.5, 0.6) is 0 Å². The van der Waals surface area contributed by atoms with Gasteiger partial charge in [0.1, 0.15) is 6.04 Å². The maximum absolute atomic E-state index is 12.4. The van der Waals surface area contributed by atoms with Gasteiger partial charge >= 0.3 is 6.09 Å². The summed E-state index contributed by atoms with van der Waals surface area (Å²) in [4.78, 5) is 25.6. The Hall–Kier alpha value is -2.04. The number of likely N-dealkylation sites (tertiary alicyclic amines) is 1. The third-order valence-corrected chi connectivity index (χ3v) is 4.27. The number of benzene rings is 1. The zero-order chi connectivity index (χ0) is 16.7. The molecule has 1 aliphatic rings.